The van der Waals surface area contributed by atoms with E-state index in [1.807, 2.05) is 13.0 Å². The van der Waals surface area contributed by atoms with Gasteiger partial charge in [0.2, 0.25) is 5.91 Å². The highest BCUT2D eigenvalue weighted by Crippen LogP contribution is 2.14. The van der Waals surface area contributed by atoms with Crippen LogP contribution in [0.15, 0.2) is 18.2 Å². The van der Waals surface area contributed by atoms with Gasteiger partial charge in [0, 0.05) is 13.1 Å². The van der Waals surface area contributed by atoms with E-state index >= 15 is 0 Å². The monoisotopic (exact) mass is 261 g/mol. The van der Waals surface area contributed by atoms with Crippen molar-refractivity contribution in [1.29, 1.82) is 5.26 Å². The number of hydrogen-bond acceptors (Lipinski definition) is 3. The van der Waals surface area contributed by atoms with E-state index in [2.05, 4.69) is 10.6 Å². The molecule has 100 valence electrons. The molecule has 0 unspecified atom stereocenters. The van der Waals surface area contributed by atoms with Crippen LogP contribution >= 0.6 is 0 Å². The number of amides is 1. The molecule has 0 radical (unpaired) electrons. The van der Waals surface area contributed by atoms with Crippen molar-refractivity contribution in [1.82, 2.24) is 10.6 Å². The summed E-state index contributed by atoms with van der Waals surface area (Å²) >= 11 is 0. The lowest BCUT2D eigenvalue weighted by atomic mass is 9.94. The van der Waals surface area contributed by atoms with Crippen LogP contribution in [0, 0.1) is 23.1 Å². The number of benzene rings is 1. The van der Waals surface area contributed by atoms with E-state index < -0.39 is 5.82 Å². The summed E-state index contributed by atoms with van der Waals surface area (Å²) in [4.78, 5) is 11.7. The number of rotatable bonds is 3. The summed E-state index contributed by atoms with van der Waals surface area (Å²) in [6, 6.07) is 5.98. The van der Waals surface area contributed by atoms with Crippen molar-refractivity contribution in [3.63, 3.8) is 0 Å². The molecule has 1 saturated heterocycles. The van der Waals surface area contributed by atoms with E-state index in [1.54, 1.807) is 6.07 Å². The van der Waals surface area contributed by atoms with Crippen LogP contribution < -0.4 is 10.6 Å². The highest BCUT2D eigenvalue weighted by molar-refractivity contribution is 5.82. The molecule has 2 rings (SSSR count). The smallest absolute Gasteiger partial charge is 0.237 e. The minimum absolute atomic E-state index is 0.00127. The molecule has 19 heavy (non-hydrogen) atoms. The number of carbonyl (C=O) groups is 1. The fourth-order valence-electron chi connectivity index (χ4n) is 2.25. The fourth-order valence-corrected chi connectivity index (χ4v) is 2.25. The van der Waals surface area contributed by atoms with Gasteiger partial charge in [-0.2, -0.15) is 5.26 Å². The number of nitrogens with one attached hydrogen (secondary N) is 2. The summed E-state index contributed by atoms with van der Waals surface area (Å²) in [5.41, 5.74) is 0.823. The lowest BCUT2D eigenvalue weighted by Gasteiger charge is -2.29. The zero-order valence-corrected chi connectivity index (χ0v) is 10.7. The standard InChI is InChI=1S/C14H16FN3O/c1-9-4-5-17-14(19)13(9)18-8-10-2-3-12(15)11(6-10)7-16/h2-3,6,9,13,18H,4-5,8H2,1H3,(H,17,19)/t9-,13-/m0/s1. The SMILES string of the molecule is C[C@H]1CCNC(=O)[C@H]1NCc1ccc(F)c(C#N)c1. The van der Waals surface area contributed by atoms with Gasteiger partial charge in [0.1, 0.15) is 11.9 Å². The lowest BCUT2D eigenvalue weighted by molar-refractivity contribution is -0.126. The Morgan fingerprint density at radius 2 is 2.37 bits per heavy atom. The molecule has 1 fully saturated rings. The van der Waals surface area contributed by atoms with E-state index in [-0.39, 0.29) is 23.4 Å². The van der Waals surface area contributed by atoms with Gasteiger partial charge in [0.15, 0.2) is 0 Å². The second-order valence-electron chi connectivity index (χ2n) is 4.84. The molecule has 0 bridgehead atoms. The molecule has 0 spiro atoms. The second-order valence-corrected chi connectivity index (χ2v) is 4.84. The third-order valence-electron chi connectivity index (χ3n) is 3.43. The summed E-state index contributed by atoms with van der Waals surface area (Å²) in [5.74, 6) is -0.249. The molecule has 2 atom stereocenters. The number of nitriles is 1. The summed E-state index contributed by atoms with van der Waals surface area (Å²) in [7, 11) is 0. The molecule has 0 aliphatic carbocycles. The molecule has 1 heterocycles. The molecule has 0 aromatic heterocycles. The van der Waals surface area contributed by atoms with Crippen molar-refractivity contribution in [3.05, 3.63) is 35.1 Å². The maximum Gasteiger partial charge on any atom is 0.237 e. The van der Waals surface area contributed by atoms with Crippen LogP contribution in [-0.2, 0) is 11.3 Å². The van der Waals surface area contributed by atoms with Gasteiger partial charge < -0.3 is 10.6 Å². The first-order chi connectivity index (χ1) is 9.11. The molecule has 5 heteroatoms. The van der Waals surface area contributed by atoms with Crippen molar-refractivity contribution in [3.8, 4) is 6.07 Å². The average molecular weight is 261 g/mol. The highest BCUT2D eigenvalue weighted by Gasteiger charge is 2.27. The number of piperidine rings is 1. The first-order valence-corrected chi connectivity index (χ1v) is 6.31. The molecular weight excluding hydrogens is 245 g/mol. The molecule has 0 saturated carbocycles. The first kappa shape index (κ1) is 13.5. The number of hydrogen-bond donors (Lipinski definition) is 2. The van der Waals surface area contributed by atoms with Crippen LogP contribution in [-0.4, -0.2) is 18.5 Å². The number of carbonyl (C=O) groups excluding carboxylic acids is 1. The third kappa shape index (κ3) is 3.09. The Morgan fingerprint density at radius 3 is 3.05 bits per heavy atom. The summed E-state index contributed by atoms with van der Waals surface area (Å²) in [6.07, 6.45) is 0.941. The van der Waals surface area contributed by atoms with Gasteiger partial charge in [-0.15, -0.1) is 0 Å². The molecule has 1 aromatic carbocycles. The quantitative estimate of drug-likeness (QED) is 0.862. The van der Waals surface area contributed by atoms with Crippen molar-refractivity contribution < 1.29 is 9.18 Å². The van der Waals surface area contributed by atoms with Crippen LogP contribution in [0.5, 0.6) is 0 Å². The molecule has 1 aliphatic rings. The second kappa shape index (κ2) is 5.81. The summed E-state index contributed by atoms with van der Waals surface area (Å²) in [6.45, 7) is 3.19. The van der Waals surface area contributed by atoms with Crippen LogP contribution in [0.1, 0.15) is 24.5 Å². The van der Waals surface area contributed by atoms with Gasteiger partial charge in [-0.05, 0) is 30.0 Å². The summed E-state index contributed by atoms with van der Waals surface area (Å²) < 4.78 is 13.2. The Labute approximate surface area is 111 Å². The van der Waals surface area contributed by atoms with Crippen molar-refractivity contribution in [2.75, 3.05) is 6.54 Å². The van der Waals surface area contributed by atoms with E-state index in [0.29, 0.717) is 13.1 Å². The predicted octanol–water partition coefficient (Wildman–Crippen LogP) is 1.31. The fraction of sp³-hybridized carbons (Fsp3) is 0.429. The van der Waals surface area contributed by atoms with E-state index in [9.17, 15) is 9.18 Å². The van der Waals surface area contributed by atoms with Crippen molar-refractivity contribution in [2.45, 2.75) is 25.9 Å². The van der Waals surface area contributed by atoms with Crippen LogP contribution in [0.4, 0.5) is 4.39 Å². The minimum Gasteiger partial charge on any atom is -0.355 e. The van der Waals surface area contributed by atoms with Gasteiger partial charge in [-0.1, -0.05) is 13.0 Å². The number of halogens is 1. The van der Waals surface area contributed by atoms with Gasteiger partial charge >= 0.3 is 0 Å². The largest absolute Gasteiger partial charge is 0.355 e. The first-order valence-electron chi connectivity index (χ1n) is 6.31. The van der Waals surface area contributed by atoms with Crippen LogP contribution in [0.25, 0.3) is 0 Å². The summed E-state index contributed by atoms with van der Waals surface area (Å²) in [5, 5.41) is 14.8. The highest BCUT2D eigenvalue weighted by atomic mass is 19.1. The average Bonchev–Trinajstić information content (AvgIpc) is 2.40. The van der Waals surface area contributed by atoms with Gasteiger partial charge in [0.25, 0.3) is 0 Å². The normalized spacial score (nSPS) is 22.7. The van der Waals surface area contributed by atoms with Crippen molar-refractivity contribution in [2.24, 2.45) is 5.92 Å². The van der Waals surface area contributed by atoms with E-state index in [4.69, 9.17) is 5.26 Å². The maximum absolute atomic E-state index is 13.2. The lowest BCUT2D eigenvalue weighted by Crippen LogP contribution is -2.52. The Balaban J connectivity index is 2.02. The predicted molar refractivity (Wildman–Crippen MR) is 68.5 cm³/mol. The Hall–Kier alpha value is -1.93. The maximum atomic E-state index is 13.2. The van der Waals surface area contributed by atoms with Gasteiger partial charge in [0.05, 0.1) is 11.6 Å². The third-order valence-corrected chi connectivity index (χ3v) is 3.43. The zero-order chi connectivity index (χ0) is 13.8. The van der Waals surface area contributed by atoms with E-state index in [1.165, 1.54) is 12.1 Å². The molecule has 2 N–H and O–H groups in total. The Kier molecular flexibility index (Phi) is 4.13. The molecule has 1 amide bonds. The zero-order valence-electron chi connectivity index (χ0n) is 10.7. The van der Waals surface area contributed by atoms with Gasteiger partial charge in [-0.3, -0.25) is 4.79 Å². The van der Waals surface area contributed by atoms with E-state index in [0.717, 1.165) is 12.0 Å². The molecule has 1 aliphatic heterocycles. The number of nitrogens with zero attached hydrogens (tertiary/aromatic N) is 1. The van der Waals surface area contributed by atoms with Crippen LogP contribution in [0.3, 0.4) is 0 Å². The van der Waals surface area contributed by atoms with Gasteiger partial charge in [-0.25, -0.2) is 4.39 Å². The Bertz CT molecular complexity index is 524. The topological polar surface area (TPSA) is 64.9 Å². The molecule has 1 aromatic rings. The molecule has 4 nitrogen and oxygen atoms in total. The Morgan fingerprint density at radius 1 is 1.58 bits per heavy atom. The minimum atomic E-state index is -0.518. The molecular formula is C14H16FN3O. The van der Waals surface area contributed by atoms with Crippen molar-refractivity contribution >= 4 is 5.91 Å². The van der Waals surface area contributed by atoms with Crippen LogP contribution in [0.2, 0.25) is 0 Å².